The molecule has 1 heterocycles. The first-order chi connectivity index (χ1) is 10.5. The number of rotatable bonds is 2. The molecular weight excluding hydrogens is 356 g/mol. The van der Waals surface area contributed by atoms with Gasteiger partial charge in [-0.05, 0) is 51.8 Å². The number of carbonyl (C=O) groups excluding carboxylic acids is 1. The molecular formula is C16H12BrF2NO2. The maximum Gasteiger partial charge on any atom is 0.236 e. The van der Waals surface area contributed by atoms with Gasteiger partial charge in [-0.1, -0.05) is 12.1 Å². The molecule has 0 saturated carbocycles. The zero-order valence-corrected chi connectivity index (χ0v) is 12.9. The number of aliphatic hydroxyl groups excluding tert-OH is 1. The van der Waals surface area contributed by atoms with E-state index < -0.39 is 23.8 Å². The summed E-state index contributed by atoms with van der Waals surface area (Å²) in [6.07, 6.45) is -0.929. The molecule has 0 radical (unpaired) electrons. The summed E-state index contributed by atoms with van der Waals surface area (Å²) < 4.78 is 27.2. The number of carbonyl (C=O) groups is 1. The lowest BCUT2D eigenvalue weighted by atomic mass is 9.97. The van der Waals surface area contributed by atoms with Gasteiger partial charge in [0.25, 0.3) is 0 Å². The van der Waals surface area contributed by atoms with Crippen LogP contribution in [0.25, 0.3) is 0 Å². The summed E-state index contributed by atoms with van der Waals surface area (Å²) in [6.45, 7) is 0. The molecule has 2 unspecified atom stereocenters. The number of nitrogens with zero attached hydrogens (tertiary/aromatic N) is 1. The molecule has 0 bridgehead atoms. The van der Waals surface area contributed by atoms with Crippen LogP contribution in [0.3, 0.4) is 0 Å². The summed E-state index contributed by atoms with van der Waals surface area (Å²) in [7, 11) is 0. The van der Waals surface area contributed by atoms with Crippen LogP contribution in [-0.2, 0) is 4.79 Å². The first-order valence-electron chi connectivity index (χ1n) is 6.69. The minimum Gasteiger partial charge on any atom is -0.373 e. The Bertz CT molecular complexity index is 738. The number of hydrogen-bond donors (Lipinski definition) is 1. The average molecular weight is 368 g/mol. The number of amides is 1. The third-order valence-electron chi connectivity index (χ3n) is 3.71. The minimum absolute atomic E-state index is 0.139. The fraction of sp³-hybridized carbons (Fsp3) is 0.188. The fourth-order valence-electron chi connectivity index (χ4n) is 2.67. The van der Waals surface area contributed by atoms with Crippen LogP contribution in [0.15, 0.2) is 46.9 Å². The van der Waals surface area contributed by atoms with Crippen molar-refractivity contribution in [1.82, 2.24) is 0 Å². The monoisotopic (exact) mass is 367 g/mol. The second kappa shape index (κ2) is 5.78. The molecule has 2 atom stereocenters. The number of benzene rings is 2. The van der Waals surface area contributed by atoms with Gasteiger partial charge < -0.3 is 5.11 Å². The zero-order chi connectivity index (χ0) is 15.9. The Morgan fingerprint density at radius 2 is 1.95 bits per heavy atom. The van der Waals surface area contributed by atoms with E-state index in [4.69, 9.17) is 0 Å². The molecule has 1 aliphatic rings. The molecule has 1 N–H and O–H groups in total. The van der Waals surface area contributed by atoms with E-state index in [9.17, 15) is 18.7 Å². The summed E-state index contributed by atoms with van der Waals surface area (Å²) in [6, 6.07) is 9.93. The van der Waals surface area contributed by atoms with Crippen molar-refractivity contribution in [1.29, 1.82) is 0 Å². The van der Waals surface area contributed by atoms with E-state index in [1.807, 2.05) is 0 Å². The maximum atomic E-state index is 13.6. The van der Waals surface area contributed by atoms with Gasteiger partial charge in [-0.2, -0.15) is 0 Å². The molecule has 0 aliphatic carbocycles. The van der Waals surface area contributed by atoms with Gasteiger partial charge in [0, 0.05) is 12.1 Å². The van der Waals surface area contributed by atoms with Crippen LogP contribution in [0, 0.1) is 11.6 Å². The Morgan fingerprint density at radius 3 is 2.64 bits per heavy atom. The Hall–Kier alpha value is -1.79. The molecule has 1 amide bonds. The van der Waals surface area contributed by atoms with Crippen molar-refractivity contribution in [3.05, 3.63) is 64.1 Å². The number of anilines is 1. The Kier molecular flexibility index (Phi) is 3.97. The summed E-state index contributed by atoms with van der Waals surface area (Å²) in [5, 5.41) is 10.2. The van der Waals surface area contributed by atoms with Crippen molar-refractivity contribution in [3.63, 3.8) is 0 Å². The molecule has 1 aliphatic heterocycles. The number of halogens is 3. The SMILES string of the molecule is O=C1C(c2cccc(F)c2)CC(O)N1c1ccc(Br)c(F)c1. The lowest BCUT2D eigenvalue weighted by molar-refractivity contribution is -0.118. The van der Waals surface area contributed by atoms with Gasteiger partial charge in [-0.3, -0.25) is 9.69 Å². The highest BCUT2D eigenvalue weighted by molar-refractivity contribution is 9.10. The second-order valence-electron chi connectivity index (χ2n) is 5.13. The van der Waals surface area contributed by atoms with Gasteiger partial charge >= 0.3 is 0 Å². The highest BCUT2D eigenvalue weighted by Gasteiger charge is 2.40. The molecule has 0 spiro atoms. The second-order valence-corrected chi connectivity index (χ2v) is 5.98. The largest absolute Gasteiger partial charge is 0.373 e. The molecule has 2 aromatic rings. The molecule has 114 valence electrons. The maximum absolute atomic E-state index is 13.6. The first-order valence-corrected chi connectivity index (χ1v) is 7.48. The van der Waals surface area contributed by atoms with E-state index in [0.29, 0.717) is 5.56 Å². The van der Waals surface area contributed by atoms with Crippen molar-refractivity contribution < 1.29 is 18.7 Å². The van der Waals surface area contributed by atoms with Gasteiger partial charge in [-0.25, -0.2) is 8.78 Å². The van der Waals surface area contributed by atoms with Crippen LogP contribution in [0.4, 0.5) is 14.5 Å². The smallest absolute Gasteiger partial charge is 0.236 e. The van der Waals surface area contributed by atoms with E-state index in [2.05, 4.69) is 15.9 Å². The quantitative estimate of drug-likeness (QED) is 0.881. The highest BCUT2D eigenvalue weighted by Crippen LogP contribution is 2.36. The molecule has 0 aromatic heterocycles. The Labute approximate surface area is 134 Å². The van der Waals surface area contributed by atoms with Crippen molar-refractivity contribution >= 4 is 27.5 Å². The number of hydrogen-bond acceptors (Lipinski definition) is 2. The summed E-state index contributed by atoms with van der Waals surface area (Å²) in [4.78, 5) is 13.7. The van der Waals surface area contributed by atoms with Crippen LogP contribution in [0.1, 0.15) is 17.9 Å². The van der Waals surface area contributed by atoms with Crippen molar-refractivity contribution in [2.24, 2.45) is 0 Å². The van der Waals surface area contributed by atoms with E-state index in [1.54, 1.807) is 12.1 Å². The molecule has 1 fully saturated rings. The van der Waals surface area contributed by atoms with Gasteiger partial charge in [0.2, 0.25) is 5.91 Å². The van der Waals surface area contributed by atoms with Gasteiger partial charge in [0.1, 0.15) is 17.9 Å². The normalized spacial score (nSPS) is 21.5. The molecule has 6 heteroatoms. The van der Waals surface area contributed by atoms with Crippen LogP contribution >= 0.6 is 15.9 Å². The molecule has 2 aromatic carbocycles. The summed E-state index contributed by atoms with van der Waals surface area (Å²) >= 11 is 3.04. The average Bonchev–Trinajstić information content (AvgIpc) is 2.77. The first kappa shape index (κ1) is 15.1. The predicted octanol–water partition coefficient (Wildman–Crippen LogP) is 3.57. The third kappa shape index (κ3) is 2.64. The van der Waals surface area contributed by atoms with Crippen LogP contribution in [-0.4, -0.2) is 17.2 Å². The minimum atomic E-state index is -1.07. The predicted molar refractivity (Wildman–Crippen MR) is 81.4 cm³/mol. The highest BCUT2D eigenvalue weighted by atomic mass is 79.9. The molecule has 3 nitrogen and oxygen atoms in total. The fourth-order valence-corrected chi connectivity index (χ4v) is 2.91. The molecule has 1 saturated heterocycles. The topological polar surface area (TPSA) is 40.5 Å². The van der Waals surface area contributed by atoms with Gasteiger partial charge in [0.05, 0.1) is 10.4 Å². The van der Waals surface area contributed by atoms with Gasteiger partial charge in [0.15, 0.2) is 0 Å². The third-order valence-corrected chi connectivity index (χ3v) is 4.36. The van der Waals surface area contributed by atoms with Crippen molar-refractivity contribution in [2.45, 2.75) is 18.6 Å². The van der Waals surface area contributed by atoms with E-state index in [1.165, 1.54) is 30.3 Å². The lowest BCUT2D eigenvalue weighted by Crippen LogP contribution is -2.33. The Balaban J connectivity index is 1.94. The van der Waals surface area contributed by atoms with E-state index >= 15 is 0 Å². The van der Waals surface area contributed by atoms with E-state index in [0.717, 1.165) is 4.90 Å². The van der Waals surface area contributed by atoms with E-state index in [-0.39, 0.29) is 22.5 Å². The summed E-state index contributed by atoms with van der Waals surface area (Å²) in [5.74, 6) is -1.98. The van der Waals surface area contributed by atoms with Crippen LogP contribution in [0.5, 0.6) is 0 Å². The van der Waals surface area contributed by atoms with Gasteiger partial charge in [-0.15, -0.1) is 0 Å². The molecule has 22 heavy (non-hydrogen) atoms. The van der Waals surface area contributed by atoms with Crippen LogP contribution in [0.2, 0.25) is 0 Å². The van der Waals surface area contributed by atoms with Crippen molar-refractivity contribution in [2.75, 3.05) is 4.90 Å². The lowest BCUT2D eigenvalue weighted by Gasteiger charge is -2.21. The Morgan fingerprint density at radius 1 is 1.18 bits per heavy atom. The summed E-state index contributed by atoms with van der Waals surface area (Å²) in [5.41, 5.74) is 0.779. The molecule has 3 rings (SSSR count). The zero-order valence-electron chi connectivity index (χ0n) is 11.3. The van der Waals surface area contributed by atoms with Crippen LogP contribution < -0.4 is 4.90 Å². The standard InChI is InChI=1S/C16H12BrF2NO2/c17-13-5-4-11(7-14(13)19)20-15(21)8-12(16(20)22)9-2-1-3-10(18)6-9/h1-7,12,15,21H,8H2. The number of aliphatic hydroxyl groups is 1. The van der Waals surface area contributed by atoms with Crippen molar-refractivity contribution in [3.8, 4) is 0 Å².